The molecule has 1 aromatic carbocycles. The van der Waals surface area contributed by atoms with Gasteiger partial charge in [-0.05, 0) is 82.6 Å². The smallest absolute Gasteiger partial charge is 0.236 e. The van der Waals surface area contributed by atoms with Crippen molar-refractivity contribution < 1.29 is 4.79 Å². The van der Waals surface area contributed by atoms with Crippen LogP contribution in [0, 0.1) is 11.8 Å². The van der Waals surface area contributed by atoms with E-state index in [0.29, 0.717) is 12.5 Å². The van der Waals surface area contributed by atoms with Crippen molar-refractivity contribution in [1.82, 2.24) is 15.1 Å². The number of rotatable bonds is 7. The first-order valence-corrected chi connectivity index (χ1v) is 10.4. The summed E-state index contributed by atoms with van der Waals surface area (Å²) in [4.78, 5) is 17.1. The Balaban J connectivity index is 1.35. The Morgan fingerprint density at radius 2 is 1.65 bits per heavy atom. The molecule has 1 aromatic rings. The van der Waals surface area contributed by atoms with Gasteiger partial charge in [0.2, 0.25) is 5.91 Å². The van der Waals surface area contributed by atoms with Crippen LogP contribution in [0.1, 0.15) is 37.7 Å². The van der Waals surface area contributed by atoms with Crippen molar-refractivity contribution in [3.63, 3.8) is 0 Å². The van der Waals surface area contributed by atoms with Crippen molar-refractivity contribution >= 4 is 5.91 Å². The van der Waals surface area contributed by atoms with Gasteiger partial charge in [-0.25, -0.2) is 0 Å². The minimum Gasteiger partial charge on any atom is -0.342 e. The highest BCUT2D eigenvalue weighted by molar-refractivity contribution is 5.78. The van der Waals surface area contributed by atoms with E-state index < -0.39 is 0 Å². The molecule has 0 saturated carbocycles. The fourth-order valence-electron chi connectivity index (χ4n) is 4.41. The predicted molar refractivity (Wildman–Crippen MR) is 107 cm³/mol. The number of amides is 1. The van der Waals surface area contributed by atoms with Gasteiger partial charge in [-0.1, -0.05) is 30.3 Å². The second-order valence-corrected chi connectivity index (χ2v) is 8.13. The molecule has 0 spiro atoms. The van der Waals surface area contributed by atoms with Gasteiger partial charge in [0, 0.05) is 13.1 Å². The molecule has 0 radical (unpaired) electrons. The van der Waals surface area contributed by atoms with Crippen LogP contribution in [0.2, 0.25) is 0 Å². The lowest BCUT2D eigenvalue weighted by atomic mass is 9.90. The van der Waals surface area contributed by atoms with Gasteiger partial charge in [0.15, 0.2) is 0 Å². The molecule has 1 N–H and O–H groups in total. The van der Waals surface area contributed by atoms with Crippen LogP contribution >= 0.6 is 0 Å². The normalized spacial score (nSPS) is 20.4. The van der Waals surface area contributed by atoms with Crippen LogP contribution < -0.4 is 5.32 Å². The number of hydrogen-bond acceptors (Lipinski definition) is 3. The van der Waals surface area contributed by atoms with Crippen LogP contribution in [-0.2, 0) is 11.2 Å². The summed E-state index contributed by atoms with van der Waals surface area (Å²) < 4.78 is 0. The Bertz CT molecular complexity index is 532. The van der Waals surface area contributed by atoms with Crippen molar-refractivity contribution in [2.45, 2.75) is 38.5 Å². The van der Waals surface area contributed by atoms with E-state index in [9.17, 15) is 4.79 Å². The topological polar surface area (TPSA) is 35.6 Å². The van der Waals surface area contributed by atoms with Gasteiger partial charge in [-0.15, -0.1) is 0 Å². The molecule has 0 aromatic heterocycles. The van der Waals surface area contributed by atoms with E-state index in [2.05, 4.69) is 45.4 Å². The molecule has 2 aliphatic heterocycles. The fraction of sp³-hybridized carbons (Fsp3) is 0.682. The maximum absolute atomic E-state index is 12.7. The van der Waals surface area contributed by atoms with Crippen molar-refractivity contribution in [2.24, 2.45) is 11.8 Å². The molecule has 0 bridgehead atoms. The minimum atomic E-state index is 0.344. The average molecular weight is 358 g/mol. The zero-order valence-corrected chi connectivity index (χ0v) is 16.3. The van der Waals surface area contributed by atoms with Gasteiger partial charge < -0.3 is 10.2 Å². The lowest BCUT2D eigenvalue weighted by Crippen LogP contribution is -2.46. The summed E-state index contributed by atoms with van der Waals surface area (Å²) in [6, 6.07) is 10.8. The summed E-state index contributed by atoms with van der Waals surface area (Å²) >= 11 is 0. The predicted octanol–water partition coefficient (Wildman–Crippen LogP) is 2.79. The molecule has 4 heteroatoms. The maximum atomic E-state index is 12.7. The van der Waals surface area contributed by atoms with Gasteiger partial charge >= 0.3 is 0 Å². The first-order chi connectivity index (χ1) is 12.7. The highest BCUT2D eigenvalue weighted by atomic mass is 16.2. The van der Waals surface area contributed by atoms with E-state index in [4.69, 9.17) is 0 Å². The van der Waals surface area contributed by atoms with E-state index in [1.165, 1.54) is 24.8 Å². The summed E-state index contributed by atoms with van der Waals surface area (Å²) in [6.45, 7) is 5.79. The summed E-state index contributed by atoms with van der Waals surface area (Å²) in [5, 5.41) is 3.25. The molecular formula is C22H35N3O. The minimum absolute atomic E-state index is 0.344. The van der Waals surface area contributed by atoms with Crippen LogP contribution in [0.15, 0.2) is 30.3 Å². The van der Waals surface area contributed by atoms with Crippen molar-refractivity contribution in [3.05, 3.63) is 35.9 Å². The molecule has 0 atom stereocenters. The molecule has 0 aliphatic carbocycles. The Labute approximate surface area is 158 Å². The molecular weight excluding hydrogens is 322 g/mol. The number of carbonyl (C=O) groups is 1. The number of hydrogen-bond donors (Lipinski definition) is 1. The number of likely N-dealkylation sites (tertiary alicyclic amines) is 2. The summed E-state index contributed by atoms with van der Waals surface area (Å²) in [7, 11) is 2.02. The molecule has 2 heterocycles. The second kappa shape index (κ2) is 10.1. The van der Waals surface area contributed by atoms with Gasteiger partial charge in [-0.3, -0.25) is 9.69 Å². The van der Waals surface area contributed by atoms with Crippen LogP contribution in [0.3, 0.4) is 0 Å². The first-order valence-electron chi connectivity index (χ1n) is 10.4. The zero-order chi connectivity index (χ0) is 18.2. The Kier molecular flexibility index (Phi) is 7.51. The van der Waals surface area contributed by atoms with E-state index >= 15 is 0 Å². The van der Waals surface area contributed by atoms with Gasteiger partial charge in [0.05, 0.1) is 6.54 Å². The second-order valence-electron chi connectivity index (χ2n) is 8.13. The fourth-order valence-corrected chi connectivity index (χ4v) is 4.41. The van der Waals surface area contributed by atoms with Crippen molar-refractivity contribution in [1.29, 1.82) is 0 Å². The van der Waals surface area contributed by atoms with Gasteiger partial charge in [-0.2, -0.15) is 0 Å². The molecule has 2 saturated heterocycles. The number of nitrogens with zero attached hydrogens (tertiary/aromatic N) is 2. The molecule has 3 rings (SSSR count). The van der Waals surface area contributed by atoms with E-state index in [-0.39, 0.29) is 0 Å². The lowest BCUT2D eigenvalue weighted by molar-refractivity contribution is -0.134. The molecule has 2 fully saturated rings. The molecule has 1 amide bonds. The number of piperidine rings is 2. The Morgan fingerprint density at radius 1 is 1.00 bits per heavy atom. The van der Waals surface area contributed by atoms with Crippen molar-refractivity contribution in [2.75, 3.05) is 46.3 Å². The monoisotopic (exact) mass is 357 g/mol. The standard InChI is InChI=1S/C22H35N3O/c1-23-12-7-19-8-13-24(14-9-19)18-22(26)25-15-10-21(11-16-25)17-20-5-3-2-4-6-20/h2-6,19,21,23H,7-18H2,1H3. The largest absolute Gasteiger partial charge is 0.342 e. The number of carbonyl (C=O) groups excluding carboxylic acids is 1. The van der Waals surface area contributed by atoms with Gasteiger partial charge in [0.25, 0.3) is 0 Å². The van der Waals surface area contributed by atoms with E-state index in [0.717, 1.165) is 63.8 Å². The van der Waals surface area contributed by atoms with E-state index in [1.54, 1.807) is 0 Å². The third-order valence-electron chi connectivity index (χ3n) is 6.20. The number of benzene rings is 1. The Hall–Kier alpha value is -1.39. The van der Waals surface area contributed by atoms with E-state index in [1.807, 2.05) is 7.05 Å². The van der Waals surface area contributed by atoms with Crippen LogP contribution in [-0.4, -0.2) is 62.0 Å². The maximum Gasteiger partial charge on any atom is 0.236 e. The highest BCUT2D eigenvalue weighted by Gasteiger charge is 2.26. The summed E-state index contributed by atoms with van der Waals surface area (Å²) in [6.07, 6.45) is 7.21. The lowest BCUT2D eigenvalue weighted by Gasteiger charge is -2.36. The molecule has 4 nitrogen and oxygen atoms in total. The third-order valence-corrected chi connectivity index (χ3v) is 6.20. The quantitative estimate of drug-likeness (QED) is 0.815. The Morgan fingerprint density at radius 3 is 2.31 bits per heavy atom. The molecule has 2 aliphatic rings. The van der Waals surface area contributed by atoms with Gasteiger partial charge in [0.1, 0.15) is 0 Å². The molecule has 144 valence electrons. The molecule has 26 heavy (non-hydrogen) atoms. The van der Waals surface area contributed by atoms with Crippen LogP contribution in [0.25, 0.3) is 0 Å². The SMILES string of the molecule is CNCCC1CCN(CC(=O)N2CCC(Cc3ccccc3)CC2)CC1. The zero-order valence-electron chi connectivity index (χ0n) is 16.3. The highest BCUT2D eigenvalue weighted by Crippen LogP contribution is 2.23. The molecule has 0 unspecified atom stereocenters. The average Bonchev–Trinajstić information content (AvgIpc) is 2.69. The number of nitrogens with one attached hydrogen (secondary N) is 1. The summed E-state index contributed by atoms with van der Waals surface area (Å²) in [5.41, 5.74) is 1.43. The van der Waals surface area contributed by atoms with Crippen LogP contribution in [0.4, 0.5) is 0 Å². The first kappa shape index (κ1) is 19.4. The van der Waals surface area contributed by atoms with Crippen molar-refractivity contribution in [3.8, 4) is 0 Å². The summed E-state index contributed by atoms with van der Waals surface area (Å²) in [5.74, 6) is 1.91. The van der Waals surface area contributed by atoms with Crippen LogP contribution in [0.5, 0.6) is 0 Å². The third kappa shape index (κ3) is 5.82.